The smallest absolute Gasteiger partial charge is 0.146 e. The van der Waals surface area contributed by atoms with Crippen LogP contribution in [0.5, 0.6) is 5.75 Å². The second-order valence-corrected chi connectivity index (χ2v) is 5.33. The molecule has 0 saturated carbocycles. The molecule has 0 atom stereocenters. The molecule has 0 spiro atoms. The molecule has 5 heteroatoms. The number of aromatic hydroxyl groups is 1. The lowest BCUT2D eigenvalue weighted by Gasteiger charge is -2.04. The highest BCUT2D eigenvalue weighted by Gasteiger charge is 2.04. The second-order valence-electron chi connectivity index (χ2n) is 5.33. The largest absolute Gasteiger partial charge is 0.506 e. The molecule has 0 unspecified atom stereocenters. The number of nitrogens with zero attached hydrogens (tertiary/aromatic N) is 3. The van der Waals surface area contributed by atoms with Gasteiger partial charge in [-0.3, -0.25) is 10.4 Å². The maximum absolute atomic E-state index is 9.87. The molecule has 2 heterocycles. The fourth-order valence-corrected chi connectivity index (χ4v) is 2.59. The molecular weight excluding hydrogens is 300 g/mol. The summed E-state index contributed by atoms with van der Waals surface area (Å²) in [5.74, 6) is 0.832. The van der Waals surface area contributed by atoms with E-state index in [-0.39, 0.29) is 5.75 Å². The third-order valence-electron chi connectivity index (χ3n) is 3.76. The van der Waals surface area contributed by atoms with Gasteiger partial charge in [-0.2, -0.15) is 5.10 Å². The summed E-state index contributed by atoms with van der Waals surface area (Å²) in [6.07, 6.45) is 3.35. The summed E-state index contributed by atoms with van der Waals surface area (Å²) in [4.78, 5) is 8.70. The number of hydrogen-bond donors (Lipinski definition) is 2. The Morgan fingerprint density at radius 1 is 0.958 bits per heavy atom. The van der Waals surface area contributed by atoms with Crippen LogP contribution in [0.4, 0.5) is 5.82 Å². The Balaban J connectivity index is 1.62. The lowest BCUT2D eigenvalue weighted by molar-refractivity contribution is 0.480. The molecule has 2 aromatic heterocycles. The van der Waals surface area contributed by atoms with Gasteiger partial charge in [0.25, 0.3) is 0 Å². The maximum Gasteiger partial charge on any atom is 0.146 e. The van der Waals surface area contributed by atoms with Crippen molar-refractivity contribution >= 4 is 33.8 Å². The number of nitrogens with one attached hydrogen (secondary N) is 1. The van der Waals surface area contributed by atoms with E-state index in [1.54, 1.807) is 24.5 Å². The summed E-state index contributed by atoms with van der Waals surface area (Å²) < 4.78 is 0. The van der Waals surface area contributed by atoms with Crippen LogP contribution in [0.25, 0.3) is 21.8 Å². The van der Waals surface area contributed by atoms with E-state index in [9.17, 15) is 5.11 Å². The van der Waals surface area contributed by atoms with Crippen LogP contribution in [0, 0.1) is 0 Å². The molecular formula is C19H14N4O. The molecule has 0 saturated heterocycles. The topological polar surface area (TPSA) is 70.4 Å². The van der Waals surface area contributed by atoms with Crippen LogP contribution in [0.2, 0.25) is 0 Å². The van der Waals surface area contributed by atoms with Gasteiger partial charge >= 0.3 is 0 Å². The van der Waals surface area contributed by atoms with Crippen LogP contribution in [-0.4, -0.2) is 21.3 Å². The first kappa shape index (κ1) is 14.1. The minimum absolute atomic E-state index is 0.159. The molecule has 2 N–H and O–H groups in total. The van der Waals surface area contributed by atoms with E-state index in [1.807, 2.05) is 48.5 Å². The van der Waals surface area contributed by atoms with Crippen molar-refractivity contribution in [3.8, 4) is 5.75 Å². The zero-order valence-electron chi connectivity index (χ0n) is 12.7. The molecule has 4 aromatic rings. The number of benzene rings is 2. The fourth-order valence-electron chi connectivity index (χ4n) is 2.59. The molecule has 4 rings (SSSR count). The van der Waals surface area contributed by atoms with Gasteiger partial charge in [0.15, 0.2) is 0 Å². The summed E-state index contributed by atoms with van der Waals surface area (Å²) in [5.41, 5.74) is 5.28. The minimum Gasteiger partial charge on any atom is -0.506 e. The Labute approximate surface area is 138 Å². The Morgan fingerprint density at radius 3 is 2.83 bits per heavy atom. The van der Waals surface area contributed by atoms with Gasteiger partial charge in [-0.1, -0.05) is 24.3 Å². The summed E-state index contributed by atoms with van der Waals surface area (Å²) in [6.45, 7) is 0. The molecule has 0 radical (unpaired) electrons. The monoisotopic (exact) mass is 314 g/mol. The van der Waals surface area contributed by atoms with E-state index in [1.165, 1.54) is 0 Å². The molecule has 0 aliphatic heterocycles. The summed E-state index contributed by atoms with van der Waals surface area (Å²) in [5, 5.41) is 16.0. The third-order valence-corrected chi connectivity index (χ3v) is 3.76. The summed E-state index contributed by atoms with van der Waals surface area (Å²) >= 11 is 0. The van der Waals surface area contributed by atoms with Crippen molar-refractivity contribution in [1.82, 2.24) is 9.97 Å². The van der Waals surface area contributed by atoms with Crippen LogP contribution in [0.15, 0.2) is 72.0 Å². The van der Waals surface area contributed by atoms with Crippen LogP contribution < -0.4 is 5.43 Å². The predicted molar refractivity (Wildman–Crippen MR) is 96.4 cm³/mol. The van der Waals surface area contributed by atoms with Gasteiger partial charge < -0.3 is 5.11 Å². The highest BCUT2D eigenvalue weighted by Crippen LogP contribution is 2.24. The van der Waals surface area contributed by atoms with E-state index in [0.717, 1.165) is 21.9 Å². The number of fused-ring (bicyclic) bond motifs is 2. The van der Waals surface area contributed by atoms with Crippen LogP contribution in [-0.2, 0) is 0 Å². The molecule has 0 aliphatic rings. The number of phenols is 1. The highest BCUT2D eigenvalue weighted by atomic mass is 16.3. The summed E-state index contributed by atoms with van der Waals surface area (Å²) in [7, 11) is 0. The van der Waals surface area contributed by atoms with Gasteiger partial charge in [0, 0.05) is 22.5 Å². The highest BCUT2D eigenvalue weighted by molar-refractivity contribution is 6.00. The van der Waals surface area contributed by atoms with Crippen molar-refractivity contribution in [2.24, 2.45) is 5.10 Å². The molecule has 2 aromatic carbocycles. The number of anilines is 1. The Hall–Kier alpha value is -3.47. The van der Waals surface area contributed by atoms with E-state index in [4.69, 9.17) is 0 Å². The van der Waals surface area contributed by atoms with Gasteiger partial charge in [0.05, 0.1) is 11.7 Å². The van der Waals surface area contributed by atoms with Gasteiger partial charge in [-0.05, 0) is 36.4 Å². The molecule has 0 amide bonds. The van der Waals surface area contributed by atoms with Gasteiger partial charge in [-0.25, -0.2) is 4.98 Å². The summed E-state index contributed by atoms with van der Waals surface area (Å²) in [6, 6.07) is 19.0. The van der Waals surface area contributed by atoms with Crippen molar-refractivity contribution in [1.29, 1.82) is 0 Å². The molecule has 24 heavy (non-hydrogen) atoms. The maximum atomic E-state index is 9.87. The predicted octanol–water partition coefficient (Wildman–Crippen LogP) is 3.93. The van der Waals surface area contributed by atoms with Gasteiger partial charge in [0.1, 0.15) is 17.1 Å². The normalized spacial score (nSPS) is 11.3. The van der Waals surface area contributed by atoms with Crippen LogP contribution in [0.1, 0.15) is 5.56 Å². The SMILES string of the molecule is Oc1ccc(/C=N\Nc2ccc3ccccc3n2)c2cccnc12. The Morgan fingerprint density at radius 2 is 1.88 bits per heavy atom. The standard InChI is InChI=1S/C19H14N4O/c24-17-9-7-14(15-5-3-11-20-19(15)17)12-21-23-18-10-8-13-4-1-2-6-16(13)22-18/h1-12,24H,(H,22,23)/b21-12-. The number of aromatic nitrogens is 2. The third kappa shape index (κ3) is 2.63. The van der Waals surface area contributed by atoms with E-state index in [2.05, 4.69) is 20.5 Å². The van der Waals surface area contributed by atoms with Crippen molar-refractivity contribution in [2.45, 2.75) is 0 Å². The minimum atomic E-state index is 0.159. The zero-order chi connectivity index (χ0) is 16.4. The lowest BCUT2D eigenvalue weighted by Crippen LogP contribution is -1.94. The van der Waals surface area contributed by atoms with E-state index in [0.29, 0.717) is 11.3 Å². The first-order chi connectivity index (χ1) is 11.8. The quantitative estimate of drug-likeness (QED) is 0.444. The molecule has 0 fully saturated rings. The number of pyridine rings is 2. The van der Waals surface area contributed by atoms with Crippen molar-refractivity contribution in [3.05, 3.63) is 72.4 Å². The molecule has 116 valence electrons. The zero-order valence-corrected chi connectivity index (χ0v) is 12.7. The van der Waals surface area contributed by atoms with Crippen molar-refractivity contribution < 1.29 is 5.11 Å². The first-order valence-corrected chi connectivity index (χ1v) is 7.53. The fraction of sp³-hybridized carbons (Fsp3) is 0. The average molecular weight is 314 g/mol. The van der Waals surface area contributed by atoms with E-state index >= 15 is 0 Å². The number of phenolic OH excluding ortho intramolecular Hbond substituents is 1. The average Bonchev–Trinajstić information content (AvgIpc) is 2.64. The second kappa shape index (κ2) is 5.96. The van der Waals surface area contributed by atoms with Crippen molar-refractivity contribution in [2.75, 3.05) is 5.43 Å². The number of hydrazone groups is 1. The Bertz CT molecular complexity index is 1060. The molecule has 0 bridgehead atoms. The molecule has 5 nitrogen and oxygen atoms in total. The first-order valence-electron chi connectivity index (χ1n) is 7.53. The van der Waals surface area contributed by atoms with Gasteiger partial charge in [0.2, 0.25) is 0 Å². The number of rotatable bonds is 3. The number of hydrogen-bond acceptors (Lipinski definition) is 5. The number of para-hydroxylation sites is 1. The van der Waals surface area contributed by atoms with Gasteiger partial charge in [-0.15, -0.1) is 0 Å². The lowest BCUT2D eigenvalue weighted by atomic mass is 10.1. The Kier molecular flexibility index (Phi) is 3.51. The van der Waals surface area contributed by atoms with Crippen molar-refractivity contribution in [3.63, 3.8) is 0 Å². The molecule has 0 aliphatic carbocycles. The van der Waals surface area contributed by atoms with Crippen LogP contribution >= 0.6 is 0 Å². The van der Waals surface area contributed by atoms with E-state index < -0.39 is 0 Å². The van der Waals surface area contributed by atoms with Crippen LogP contribution in [0.3, 0.4) is 0 Å².